The minimum atomic E-state index is -0.0134. The first-order chi connectivity index (χ1) is 12.0. The molecule has 1 fully saturated rings. The Hall–Kier alpha value is -1.95. The molecule has 5 nitrogen and oxygen atoms in total. The molecule has 0 N–H and O–H groups in total. The predicted molar refractivity (Wildman–Crippen MR) is 103 cm³/mol. The van der Waals surface area contributed by atoms with Crippen molar-refractivity contribution in [3.63, 3.8) is 0 Å². The van der Waals surface area contributed by atoms with E-state index in [-0.39, 0.29) is 11.5 Å². The van der Waals surface area contributed by atoms with Crippen molar-refractivity contribution in [1.29, 1.82) is 0 Å². The number of nitrogens with zero attached hydrogens (tertiary/aromatic N) is 5. The number of aromatic nitrogens is 4. The van der Waals surface area contributed by atoms with Gasteiger partial charge in [0.1, 0.15) is 11.6 Å². The van der Waals surface area contributed by atoms with E-state index in [9.17, 15) is 0 Å². The lowest BCUT2D eigenvalue weighted by molar-refractivity contribution is 0.552. The van der Waals surface area contributed by atoms with Gasteiger partial charge < -0.3 is 9.47 Å². The first-order valence-electron chi connectivity index (χ1n) is 9.05. The molecule has 1 aliphatic heterocycles. The second-order valence-electron chi connectivity index (χ2n) is 7.70. The molecule has 1 atom stereocenters. The van der Waals surface area contributed by atoms with Gasteiger partial charge in [0, 0.05) is 30.0 Å². The lowest BCUT2D eigenvalue weighted by atomic mass is 9.96. The van der Waals surface area contributed by atoms with Crippen LogP contribution in [0.2, 0.25) is 0 Å². The van der Waals surface area contributed by atoms with Crippen LogP contribution in [0.25, 0.3) is 11.0 Å². The average molecular weight is 356 g/mol. The van der Waals surface area contributed by atoms with Crippen molar-refractivity contribution in [3.8, 4) is 0 Å². The number of para-hydroxylation sites is 2. The van der Waals surface area contributed by atoms with Crippen LogP contribution < -0.4 is 4.90 Å². The minimum Gasteiger partial charge on any atom is -0.337 e. The van der Waals surface area contributed by atoms with Crippen LogP contribution in [0.15, 0.2) is 24.3 Å². The van der Waals surface area contributed by atoms with Gasteiger partial charge in [-0.15, -0.1) is 0 Å². The first-order valence-corrected chi connectivity index (χ1v) is 9.82. The molecule has 1 aromatic carbocycles. The third-order valence-electron chi connectivity index (χ3n) is 4.88. The third-order valence-corrected chi connectivity index (χ3v) is 5.64. The van der Waals surface area contributed by atoms with Crippen molar-refractivity contribution in [2.45, 2.75) is 58.5 Å². The van der Waals surface area contributed by atoms with Crippen LogP contribution >= 0.6 is 11.5 Å². The Morgan fingerprint density at radius 3 is 2.72 bits per heavy atom. The van der Waals surface area contributed by atoms with E-state index in [1.807, 2.05) is 0 Å². The van der Waals surface area contributed by atoms with Crippen LogP contribution in [0.5, 0.6) is 0 Å². The van der Waals surface area contributed by atoms with Gasteiger partial charge in [0.15, 0.2) is 0 Å². The van der Waals surface area contributed by atoms with E-state index in [0.29, 0.717) is 0 Å². The second kappa shape index (κ2) is 6.09. The van der Waals surface area contributed by atoms with Gasteiger partial charge >= 0.3 is 0 Å². The predicted octanol–water partition coefficient (Wildman–Crippen LogP) is 4.55. The van der Waals surface area contributed by atoms with Crippen LogP contribution in [-0.4, -0.2) is 25.5 Å². The number of hydrogen-bond donors (Lipinski definition) is 0. The van der Waals surface area contributed by atoms with Crippen LogP contribution in [-0.2, 0) is 12.0 Å². The van der Waals surface area contributed by atoms with Gasteiger partial charge in [-0.2, -0.15) is 4.37 Å². The van der Waals surface area contributed by atoms with E-state index in [2.05, 4.69) is 65.8 Å². The number of benzene rings is 1. The normalized spacial score (nSPS) is 18.4. The van der Waals surface area contributed by atoms with Gasteiger partial charge in [0.25, 0.3) is 0 Å². The fourth-order valence-corrected chi connectivity index (χ4v) is 4.52. The Morgan fingerprint density at radius 2 is 2.00 bits per heavy atom. The highest BCUT2D eigenvalue weighted by Crippen LogP contribution is 2.38. The van der Waals surface area contributed by atoms with Crippen molar-refractivity contribution in [2.24, 2.45) is 0 Å². The fraction of sp³-hybridized carbons (Fsp3) is 0.526. The maximum Gasteiger partial charge on any atom is 0.205 e. The van der Waals surface area contributed by atoms with E-state index in [0.717, 1.165) is 41.8 Å². The zero-order chi connectivity index (χ0) is 17.6. The Bertz CT molecular complexity index is 889. The highest BCUT2D eigenvalue weighted by Gasteiger charge is 2.33. The molecule has 3 heterocycles. The number of aryl methyl sites for hydroxylation is 1. The summed E-state index contributed by atoms with van der Waals surface area (Å²) in [5.74, 6) is 2.09. The van der Waals surface area contributed by atoms with Crippen LogP contribution in [0.1, 0.15) is 58.2 Å². The Morgan fingerprint density at radius 1 is 1.20 bits per heavy atom. The summed E-state index contributed by atoms with van der Waals surface area (Å²) in [6.45, 7) is 10.6. The molecule has 4 rings (SSSR count). The molecule has 0 spiro atoms. The van der Waals surface area contributed by atoms with Crippen molar-refractivity contribution in [3.05, 3.63) is 35.9 Å². The molecule has 0 radical (unpaired) electrons. The SMILES string of the molecule is CCn1c(C2CCCN2c2nc(C(C)(C)C)ns2)nc2ccccc21. The molecule has 0 saturated carbocycles. The van der Waals surface area contributed by atoms with Gasteiger partial charge in [0.2, 0.25) is 5.13 Å². The Labute approximate surface area is 152 Å². The van der Waals surface area contributed by atoms with E-state index in [4.69, 9.17) is 9.97 Å². The Kier molecular flexibility index (Phi) is 4.02. The average Bonchev–Trinajstić information content (AvgIpc) is 3.30. The zero-order valence-electron chi connectivity index (χ0n) is 15.4. The van der Waals surface area contributed by atoms with Crippen LogP contribution in [0.4, 0.5) is 5.13 Å². The molecule has 2 aromatic heterocycles. The van der Waals surface area contributed by atoms with Gasteiger partial charge in [-0.05, 0) is 31.9 Å². The Balaban J connectivity index is 1.74. The molecule has 132 valence electrons. The lowest BCUT2D eigenvalue weighted by Gasteiger charge is -2.24. The molecule has 0 aliphatic carbocycles. The lowest BCUT2D eigenvalue weighted by Crippen LogP contribution is -2.25. The molecule has 1 aliphatic rings. The number of rotatable bonds is 3. The number of anilines is 1. The van der Waals surface area contributed by atoms with Gasteiger partial charge in [-0.1, -0.05) is 32.9 Å². The molecule has 1 saturated heterocycles. The maximum absolute atomic E-state index is 4.97. The van der Waals surface area contributed by atoms with Gasteiger partial charge in [-0.3, -0.25) is 0 Å². The molecule has 3 aromatic rings. The summed E-state index contributed by atoms with van der Waals surface area (Å²) in [5.41, 5.74) is 2.29. The van der Waals surface area contributed by atoms with Crippen LogP contribution in [0.3, 0.4) is 0 Å². The summed E-state index contributed by atoms with van der Waals surface area (Å²) in [4.78, 5) is 12.2. The molecular formula is C19H25N5S. The monoisotopic (exact) mass is 355 g/mol. The van der Waals surface area contributed by atoms with Gasteiger partial charge in [-0.25, -0.2) is 9.97 Å². The molecule has 1 unspecified atom stereocenters. The van der Waals surface area contributed by atoms with Gasteiger partial charge in [0.05, 0.1) is 17.1 Å². The molecule has 0 bridgehead atoms. The highest BCUT2D eigenvalue weighted by molar-refractivity contribution is 7.09. The largest absolute Gasteiger partial charge is 0.337 e. The second-order valence-corrected chi connectivity index (χ2v) is 8.44. The summed E-state index contributed by atoms with van der Waals surface area (Å²) in [7, 11) is 0. The smallest absolute Gasteiger partial charge is 0.205 e. The van der Waals surface area contributed by atoms with Crippen molar-refractivity contribution < 1.29 is 0 Å². The van der Waals surface area contributed by atoms with Crippen molar-refractivity contribution in [2.75, 3.05) is 11.4 Å². The topological polar surface area (TPSA) is 46.8 Å². The molecule has 0 amide bonds. The zero-order valence-corrected chi connectivity index (χ0v) is 16.2. The summed E-state index contributed by atoms with van der Waals surface area (Å²) >= 11 is 1.52. The number of imidazole rings is 1. The quantitative estimate of drug-likeness (QED) is 0.692. The van der Waals surface area contributed by atoms with Crippen molar-refractivity contribution in [1.82, 2.24) is 18.9 Å². The maximum atomic E-state index is 4.97. The summed E-state index contributed by atoms with van der Waals surface area (Å²) < 4.78 is 6.96. The minimum absolute atomic E-state index is 0.0134. The standard InChI is InChI=1S/C19H25N5S/c1-5-23-14-10-7-6-9-13(14)20-16(23)15-11-8-12-24(15)18-21-17(22-25-18)19(2,3)4/h6-7,9-10,15H,5,8,11-12H2,1-4H3. The third kappa shape index (κ3) is 2.82. The molecule has 25 heavy (non-hydrogen) atoms. The van der Waals surface area contributed by atoms with E-state index < -0.39 is 0 Å². The summed E-state index contributed by atoms with van der Waals surface area (Å²) in [6.07, 6.45) is 2.29. The highest BCUT2D eigenvalue weighted by atomic mass is 32.1. The first kappa shape index (κ1) is 16.5. The van der Waals surface area contributed by atoms with Crippen molar-refractivity contribution >= 4 is 27.7 Å². The van der Waals surface area contributed by atoms with E-state index >= 15 is 0 Å². The van der Waals surface area contributed by atoms with E-state index in [1.165, 1.54) is 23.5 Å². The van der Waals surface area contributed by atoms with Crippen LogP contribution in [0, 0.1) is 0 Å². The summed E-state index contributed by atoms with van der Waals surface area (Å²) in [6, 6.07) is 8.70. The number of hydrogen-bond acceptors (Lipinski definition) is 5. The van der Waals surface area contributed by atoms with E-state index in [1.54, 1.807) is 0 Å². The fourth-order valence-electron chi connectivity index (χ4n) is 3.58. The number of fused-ring (bicyclic) bond motifs is 1. The summed E-state index contributed by atoms with van der Waals surface area (Å²) in [5, 5.41) is 1.03. The molecule has 6 heteroatoms. The molecular weight excluding hydrogens is 330 g/mol.